The Hall–Kier alpha value is -2.14. The Morgan fingerprint density at radius 3 is 1.87 bits per heavy atom. The van der Waals surface area contributed by atoms with Crippen LogP contribution in [0.1, 0.15) is 27.7 Å². The summed E-state index contributed by atoms with van der Waals surface area (Å²) in [5, 5.41) is 3.00. The van der Waals surface area contributed by atoms with Gasteiger partial charge in [-0.2, -0.15) is 0 Å². The molecule has 0 amide bonds. The Morgan fingerprint density at radius 1 is 0.667 bits per heavy atom. The van der Waals surface area contributed by atoms with Crippen LogP contribution in [0.25, 0.3) is 22.3 Å². The monoisotopic (exact) mass is 412 g/mol. The molecule has 3 aromatic rings. The zero-order chi connectivity index (χ0) is 21.3. The van der Waals surface area contributed by atoms with E-state index in [1.165, 1.54) is 32.6 Å². The van der Waals surface area contributed by atoms with Crippen LogP contribution < -0.4 is 15.8 Å². The van der Waals surface area contributed by atoms with Crippen molar-refractivity contribution in [3.8, 4) is 22.3 Å². The molecule has 1 fully saturated rings. The van der Waals surface area contributed by atoms with Gasteiger partial charge in [0.25, 0.3) is 0 Å². The predicted molar refractivity (Wildman–Crippen MR) is 130 cm³/mol. The molecule has 1 saturated heterocycles. The van der Waals surface area contributed by atoms with E-state index in [0.717, 1.165) is 5.46 Å². The van der Waals surface area contributed by atoms with Crippen LogP contribution in [0.2, 0.25) is 13.1 Å². The molecule has 30 heavy (non-hydrogen) atoms. The van der Waals surface area contributed by atoms with Gasteiger partial charge in [0, 0.05) is 0 Å². The van der Waals surface area contributed by atoms with E-state index in [4.69, 9.17) is 9.31 Å². The second-order valence-electron chi connectivity index (χ2n) is 10.1. The summed E-state index contributed by atoms with van der Waals surface area (Å²) in [4.78, 5) is 0. The second kappa shape index (κ2) is 6.43. The van der Waals surface area contributed by atoms with Gasteiger partial charge in [0.1, 0.15) is 8.07 Å². The standard InChI is InChI=1S/C26H29BO2Si/c1-25(2)26(3,4)29-27(28-25)20-13-15-22-21-14-12-19(18-10-8-7-9-11-18)16-23(21)30(5,6)24(22)17-20/h7-17H,1-6H3. The van der Waals surface area contributed by atoms with Crippen LogP contribution in [0.4, 0.5) is 0 Å². The molecular formula is C26H29BO2Si. The fourth-order valence-corrected chi connectivity index (χ4v) is 7.81. The van der Waals surface area contributed by atoms with E-state index in [1.54, 1.807) is 0 Å². The van der Waals surface area contributed by atoms with Gasteiger partial charge in [-0.15, -0.1) is 0 Å². The molecule has 152 valence electrons. The van der Waals surface area contributed by atoms with Crippen LogP contribution >= 0.6 is 0 Å². The van der Waals surface area contributed by atoms with Crippen LogP contribution in [0, 0.1) is 0 Å². The van der Waals surface area contributed by atoms with Crippen LogP contribution in [0.5, 0.6) is 0 Å². The van der Waals surface area contributed by atoms with Crippen LogP contribution in [0.3, 0.4) is 0 Å². The molecule has 0 spiro atoms. The molecule has 0 aromatic heterocycles. The van der Waals surface area contributed by atoms with Crippen molar-refractivity contribution in [2.24, 2.45) is 0 Å². The summed E-state index contributed by atoms with van der Waals surface area (Å²) >= 11 is 0. The minimum absolute atomic E-state index is 0.311. The summed E-state index contributed by atoms with van der Waals surface area (Å²) in [5.74, 6) is 0. The highest BCUT2D eigenvalue weighted by atomic mass is 28.3. The van der Waals surface area contributed by atoms with Gasteiger partial charge in [0.05, 0.1) is 11.2 Å². The van der Waals surface area contributed by atoms with E-state index in [9.17, 15) is 0 Å². The zero-order valence-electron chi connectivity index (χ0n) is 18.7. The van der Waals surface area contributed by atoms with E-state index >= 15 is 0 Å². The summed E-state index contributed by atoms with van der Waals surface area (Å²) in [6.07, 6.45) is 0. The SMILES string of the molecule is CC1(C)OB(c2ccc3c(c2)[Si](C)(C)c2cc(-c4ccccc4)ccc2-3)OC1(C)C. The summed E-state index contributed by atoms with van der Waals surface area (Å²) < 4.78 is 12.7. The third-order valence-corrected chi connectivity index (χ3v) is 10.9. The Kier molecular flexibility index (Phi) is 4.24. The van der Waals surface area contributed by atoms with E-state index in [1.807, 2.05) is 0 Å². The Labute approximate surface area is 181 Å². The molecule has 0 aliphatic carbocycles. The molecule has 0 radical (unpaired) electrons. The molecule has 2 aliphatic rings. The van der Waals surface area contributed by atoms with Gasteiger partial charge in [0.15, 0.2) is 0 Å². The molecular weight excluding hydrogens is 383 g/mol. The Bertz CT molecular complexity index is 1120. The Morgan fingerprint density at radius 2 is 1.23 bits per heavy atom. The average molecular weight is 412 g/mol. The third kappa shape index (κ3) is 2.85. The van der Waals surface area contributed by atoms with Crippen molar-refractivity contribution in [2.75, 3.05) is 0 Å². The van der Waals surface area contributed by atoms with Crippen LogP contribution in [0.15, 0.2) is 66.7 Å². The van der Waals surface area contributed by atoms with E-state index < -0.39 is 8.07 Å². The molecule has 4 heteroatoms. The molecule has 2 nitrogen and oxygen atoms in total. The van der Waals surface area contributed by atoms with E-state index in [0.29, 0.717) is 0 Å². The average Bonchev–Trinajstić information content (AvgIpc) is 3.08. The van der Waals surface area contributed by atoms with E-state index in [-0.39, 0.29) is 18.3 Å². The van der Waals surface area contributed by atoms with Crippen molar-refractivity contribution in [2.45, 2.75) is 52.0 Å². The zero-order valence-corrected chi connectivity index (χ0v) is 19.7. The quantitative estimate of drug-likeness (QED) is 0.579. The number of benzene rings is 3. The lowest BCUT2D eigenvalue weighted by Gasteiger charge is -2.32. The molecule has 0 bridgehead atoms. The maximum absolute atomic E-state index is 6.33. The fourth-order valence-electron chi connectivity index (χ4n) is 4.69. The fraction of sp³-hybridized carbons (Fsp3) is 0.308. The molecule has 2 aliphatic heterocycles. The smallest absolute Gasteiger partial charge is 0.399 e. The van der Waals surface area contributed by atoms with Crippen molar-refractivity contribution >= 4 is 31.0 Å². The first-order chi connectivity index (χ1) is 14.1. The van der Waals surface area contributed by atoms with Crippen molar-refractivity contribution in [1.29, 1.82) is 0 Å². The summed E-state index contributed by atoms with van der Waals surface area (Å²) in [5.41, 5.74) is 5.83. The van der Waals surface area contributed by atoms with Gasteiger partial charge in [-0.25, -0.2) is 0 Å². The molecule has 0 unspecified atom stereocenters. The highest BCUT2D eigenvalue weighted by Gasteiger charge is 2.52. The van der Waals surface area contributed by atoms with Crippen molar-refractivity contribution in [3.05, 3.63) is 66.7 Å². The minimum Gasteiger partial charge on any atom is -0.399 e. The van der Waals surface area contributed by atoms with Gasteiger partial charge in [-0.1, -0.05) is 79.8 Å². The lowest BCUT2D eigenvalue weighted by atomic mass is 9.78. The number of rotatable bonds is 2. The first-order valence-corrected chi connectivity index (χ1v) is 13.8. The number of hydrogen-bond donors (Lipinski definition) is 0. The predicted octanol–water partition coefficient (Wildman–Crippen LogP) is 4.46. The Balaban J connectivity index is 1.56. The number of hydrogen-bond acceptors (Lipinski definition) is 2. The minimum atomic E-state index is -1.81. The molecule has 0 N–H and O–H groups in total. The third-order valence-electron chi connectivity index (χ3n) is 7.33. The van der Waals surface area contributed by atoms with Crippen molar-refractivity contribution < 1.29 is 9.31 Å². The highest BCUT2D eigenvalue weighted by Crippen LogP contribution is 2.37. The maximum atomic E-state index is 6.33. The van der Waals surface area contributed by atoms with Gasteiger partial charge >= 0.3 is 7.12 Å². The van der Waals surface area contributed by atoms with Gasteiger partial charge in [0.2, 0.25) is 0 Å². The van der Waals surface area contributed by atoms with Crippen LogP contribution in [-0.4, -0.2) is 26.4 Å². The lowest BCUT2D eigenvalue weighted by molar-refractivity contribution is 0.00578. The normalized spacial score (nSPS) is 20.1. The molecule has 3 aromatic carbocycles. The summed E-state index contributed by atoms with van der Waals surface area (Å²) in [6, 6.07) is 24.5. The van der Waals surface area contributed by atoms with Gasteiger partial charge < -0.3 is 9.31 Å². The molecule has 0 saturated carbocycles. The molecule has 0 atom stereocenters. The first-order valence-electron chi connectivity index (χ1n) is 10.8. The lowest BCUT2D eigenvalue weighted by Crippen LogP contribution is -2.51. The summed E-state index contributed by atoms with van der Waals surface area (Å²) in [7, 11) is -2.12. The van der Waals surface area contributed by atoms with Crippen LogP contribution in [-0.2, 0) is 9.31 Å². The van der Waals surface area contributed by atoms with Crippen molar-refractivity contribution in [3.63, 3.8) is 0 Å². The molecule has 5 rings (SSSR count). The number of fused-ring (bicyclic) bond motifs is 3. The van der Waals surface area contributed by atoms with Gasteiger partial charge in [-0.3, -0.25) is 0 Å². The molecule has 2 heterocycles. The van der Waals surface area contributed by atoms with Gasteiger partial charge in [-0.05, 0) is 65.8 Å². The van der Waals surface area contributed by atoms with E-state index in [2.05, 4.69) is 108 Å². The maximum Gasteiger partial charge on any atom is 0.494 e. The highest BCUT2D eigenvalue weighted by molar-refractivity contribution is 7.04. The summed E-state index contributed by atoms with van der Waals surface area (Å²) in [6.45, 7) is 13.4. The topological polar surface area (TPSA) is 18.5 Å². The van der Waals surface area contributed by atoms with Crippen molar-refractivity contribution in [1.82, 2.24) is 0 Å². The second-order valence-corrected chi connectivity index (χ2v) is 14.5. The first kappa shape index (κ1) is 19.8. The largest absolute Gasteiger partial charge is 0.494 e.